The minimum Gasteiger partial charge on any atom is -0.489 e. The Morgan fingerprint density at radius 1 is 1.15 bits per heavy atom. The first-order chi connectivity index (χ1) is 9.43. The Balaban J connectivity index is 2.56. The van der Waals surface area contributed by atoms with Gasteiger partial charge in [0, 0.05) is 5.39 Å². The van der Waals surface area contributed by atoms with Crippen LogP contribution in [-0.2, 0) is 10.1 Å². The Kier molecular flexibility index (Phi) is 4.24. The Morgan fingerprint density at radius 3 is 2.50 bits per heavy atom. The smallest absolute Gasteiger partial charge is 0.298 e. The first-order valence-electron chi connectivity index (χ1n) is 5.84. The van der Waals surface area contributed by atoms with Gasteiger partial charge in [-0.2, -0.15) is 8.42 Å². The summed E-state index contributed by atoms with van der Waals surface area (Å²) in [5.41, 5.74) is 0. The van der Waals surface area contributed by atoms with Gasteiger partial charge in [-0.25, -0.2) is 0 Å². The highest BCUT2D eigenvalue weighted by molar-refractivity contribution is 7.86. The average molecular weight is 298 g/mol. The van der Waals surface area contributed by atoms with E-state index in [0.29, 0.717) is 5.39 Å². The van der Waals surface area contributed by atoms with Crippen molar-refractivity contribution in [1.82, 2.24) is 0 Å². The number of hydrogen-bond donors (Lipinski definition) is 3. The zero-order valence-corrected chi connectivity index (χ0v) is 11.2. The highest BCUT2D eigenvalue weighted by Gasteiger charge is 2.20. The van der Waals surface area contributed by atoms with Crippen molar-refractivity contribution < 1.29 is 27.9 Å². The second-order valence-electron chi connectivity index (χ2n) is 4.24. The highest BCUT2D eigenvalue weighted by Crippen LogP contribution is 2.32. The van der Waals surface area contributed by atoms with Crippen LogP contribution in [0.2, 0.25) is 0 Å². The van der Waals surface area contributed by atoms with E-state index in [0.717, 1.165) is 5.39 Å². The fourth-order valence-electron chi connectivity index (χ4n) is 1.81. The minimum atomic E-state index is -4.45. The average Bonchev–Trinajstić information content (AvgIpc) is 2.42. The maximum atomic E-state index is 11.4. The second kappa shape index (κ2) is 5.76. The van der Waals surface area contributed by atoms with Gasteiger partial charge in [-0.15, -0.1) is 0 Å². The first kappa shape index (κ1) is 14.7. The molecule has 0 heterocycles. The number of rotatable bonds is 5. The van der Waals surface area contributed by atoms with Gasteiger partial charge in [0.1, 0.15) is 23.4 Å². The molecule has 1 atom stereocenters. The minimum absolute atomic E-state index is 0.0434. The van der Waals surface area contributed by atoms with Crippen LogP contribution in [0.25, 0.3) is 10.8 Å². The molecule has 0 spiro atoms. The number of aliphatic hydroxyl groups excluding tert-OH is 2. The summed E-state index contributed by atoms with van der Waals surface area (Å²) in [5, 5.41) is 19.3. The van der Waals surface area contributed by atoms with Crippen LogP contribution in [0.1, 0.15) is 0 Å². The van der Waals surface area contributed by atoms with E-state index >= 15 is 0 Å². The lowest BCUT2D eigenvalue weighted by Crippen LogP contribution is -2.22. The molecule has 0 saturated heterocycles. The Labute approximate surface area is 116 Å². The molecule has 0 saturated carbocycles. The molecule has 0 amide bonds. The molecule has 7 heteroatoms. The van der Waals surface area contributed by atoms with E-state index in [1.165, 1.54) is 6.07 Å². The third-order valence-corrected chi connectivity index (χ3v) is 3.63. The quantitative estimate of drug-likeness (QED) is 0.706. The van der Waals surface area contributed by atoms with Gasteiger partial charge in [0.2, 0.25) is 0 Å². The van der Waals surface area contributed by atoms with E-state index < -0.39 is 22.8 Å². The molecular weight excluding hydrogens is 284 g/mol. The molecule has 2 rings (SSSR count). The van der Waals surface area contributed by atoms with Gasteiger partial charge in [-0.05, 0) is 11.5 Å². The molecule has 0 aliphatic carbocycles. The van der Waals surface area contributed by atoms with Crippen LogP contribution >= 0.6 is 0 Å². The van der Waals surface area contributed by atoms with Gasteiger partial charge in [-0.1, -0.05) is 30.3 Å². The summed E-state index contributed by atoms with van der Waals surface area (Å²) in [6.45, 7) is -0.793. The molecular formula is C13H14O6S. The van der Waals surface area contributed by atoms with Crippen LogP contribution in [0.15, 0.2) is 41.3 Å². The number of aliphatic hydroxyl groups is 2. The molecule has 0 aromatic heterocycles. The van der Waals surface area contributed by atoms with Crippen molar-refractivity contribution in [2.24, 2.45) is 0 Å². The third-order valence-electron chi connectivity index (χ3n) is 2.75. The van der Waals surface area contributed by atoms with Crippen molar-refractivity contribution in [3.63, 3.8) is 0 Å². The summed E-state index contributed by atoms with van der Waals surface area (Å²) >= 11 is 0. The van der Waals surface area contributed by atoms with Crippen LogP contribution in [0.4, 0.5) is 0 Å². The summed E-state index contributed by atoms with van der Waals surface area (Å²) in [6, 6.07) is 9.67. The molecule has 6 nitrogen and oxygen atoms in total. The Bertz CT molecular complexity index is 710. The van der Waals surface area contributed by atoms with Crippen molar-refractivity contribution >= 4 is 20.9 Å². The predicted molar refractivity (Wildman–Crippen MR) is 72.4 cm³/mol. The van der Waals surface area contributed by atoms with E-state index in [-0.39, 0.29) is 17.3 Å². The van der Waals surface area contributed by atoms with Crippen LogP contribution in [0.5, 0.6) is 5.75 Å². The lowest BCUT2D eigenvalue weighted by molar-refractivity contribution is 0.0531. The largest absolute Gasteiger partial charge is 0.489 e. The summed E-state index contributed by atoms with van der Waals surface area (Å²) in [6.07, 6.45) is -1.14. The Morgan fingerprint density at radius 2 is 1.85 bits per heavy atom. The summed E-state index contributed by atoms with van der Waals surface area (Å²) in [7, 11) is -4.45. The summed E-state index contributed by atoms with van der Waals surface area (Å²) in [4.78, 5) is -0.374. The molecule has 0 fully saturated rings. The van der Waals surface area contributed by atoms with Gasteiger partial charge in [0.25, 0.3) is 10.1 Å². The predicted octanol–water partition coefficient (Wildman–Crippen LogP) is 0.818. The molecule has 108 valence electrons. The van der Waals surface area contributed by atoms with Crippen LogP contribution in [0.3, 0.4) is 0 Å². The zero-order valence-electron chi connectivity index (χ0n) is 10.4. The van der Waals surface area contributed by atoms with Crippen molar-refractivity contribution in [3.8, 4) is 5.75 Å². The van der Waals surface area contributed by atoms with Crippen LogP contribution in [0, 0.1) is 0 Å². The molecule has 0 radical (unpaired) electrons. The molecule has 0 aliphatic rings. The van der Waals surface area contributed by atoms with Gasteiger partial charge >= 0.3 is 0 Å². The van der Waals surface area contributed by atoms with E-state index in [9.17, 15) is 18.1 Å². The van der Waals surface area contributed by atoms with E-state index in [2.05, 4.69) is 0 Å². The molecule has 2 aromatic carbocycles. The van der Waals surface area contributed by atoms with Gasteiger partial charge in [-0.3, -0.25) is 4.55 Å². The molecule has 2 aromatic rings. The fraction of sp³-hybridized carbons (Fsp3) is 0.231. The number of fused-ring (bicyclic) bond motifs is 1. The van der Waals surface area contributed by atoms with Gasteiger partial charge in [0.15, 0.2) is 0 Å². The maximum Gasteiger partial charge on any atom is 0.298 e. The van der Waals surface area contributed by atoms with E-state index in [1.54, 1.807) is 30.3 Å². The third kappa shape index (κ3) is 3.07. The van der Waals surface area contributed by atoms with Crippen molar-refractivity contribution in [2.45, 2.75) is 11.0 Å². The Hall–Kier alpha value is -1.67. The van der Waals surface area contributed by atoms with Crippen LogP contribution < -0.4 is 4.74 Å². The van der Waals surface area contributed by atoms with Gasteiger partial charge < -0.3 is 14.9 Å². The molecule has 1 unspecified atom stereocenters. The molecule has 20 heavy (non-hydrogen) atoms. The second-order valence-corrected chi connectivity index (χ2v) is 5.63. The first-order valence-corrected chi connectivity index (χ1v) is 7.28. The SMILES string of the molecule is O=S(=O)(O)c1ccc2ccccc2c1OCC(O)CO. The summed E-state index contributed by atoms with van der Waals surface area (Å²) < 4.78 is 37.3. The number of benzene rings is 2. The van der Waals surface area contributed by atoms with E-state index in [4.69, 9.17) is 9.84 Å². The number of ether oxygens (including phenoxy) is 1. The van der Waals surface area contributed by atoms with Crippen molar-refractivity contribution in [2.75, 3.05) is 13.2 Å². The van der Waals surface area contributed by atoms with Gasteiger partial charge in [0.05, 0.1) is 6.61 Å². The fourth-order valence-corrected chi connectivity index (χ4v) is 2.45. The van der Waals surface area contributed by atoms with E-state index in [1.807, 2.05) is 0 Å². The maximum absolute atomic E-state index is 11.4. The summed E-state index contributed by atoms with van der Waals surface area (Å²) in [5.74, 6) is -0.0434. The zero-order chi connectivity index (χ0) is 14.8. The highest BCUT2D eigenvalue weighted by atomic mass is 32.2. The monoisotopic (exact) mass is 298 g/mol. The lowest BCUT2D eigenvalue weighted by atomic mass is 10.1. The topological polar surface area (TPSA) is 104 Å². The van der Waals surface area contributed by atoms with Crippen molar-refractivity contribution in [1.29, 1.82) is 0 Å². The number of hydrogen-bond acceptors (Lipinski definition) is 5. The standard InChI is InChI=1S/C13H14O6S/c14-7-10(15)8-19-13-11-4-2-1-3-9(11)5-6-12(13)20(16,17)18/h1-6,10,14-15H,7-8H2,(H,16,17,18). The van der Waals surface area contributed by atoms with Crippen LogP contribution in [-0.4, -0.2) is 42.5 Å². The van der Waals surface area contributed by atoms with Crippen molar-refractivity contribution in [3.05, 3.63) is 36.4 Å². The normalized spacial score (nSPS) is 13.3. The molecule has 0 aliphatic heterocycles. The lowest BCUT2D eigenvalue weighted by Gasteiger charge is -2.14. The molecule has 0 bridgehead atoms. The molecule has 3 N–H and O–H groups in total.